The van der Waals surface area contributed by atoms with Gasteiger partial charge in [0.1, 0.15) is 5.82 Å². The summed E-state index contributed by atoms with van der Waals surface area (Å²) in [6, 6.07) is 14.1. The minimum absolute atomic E-state index is 0.495. The zero-order valence-corrected chi connectivity index (χ0v) is 15.2. The van der Waals surface area contributed by atoms with Crippen LogP contribution in [0.15, 0.2) is 48.7 Å². The number of hydrogen-bond donors (Lipinski definition) is 1. The van der Waals surface area contributed by atoms with Gasteiger partial charge in [-0.1, -0.05) is 17.7 Å². The first kappa shape index (κ1) is 17.0. The minimum atomic E-state index is 0.495. The van der Waals surface area contributed by atoms with Crippen molar-refractivity contribution in [3.05, 3.63) is 53.7 Å². The highest BCUT2D eigenvalue weighted by Crippen LogP contribution is 2.21. The Labute approximate surface area is 153 Å². The van der Waals surface area contributed by atoms with Crippen LogP contribution >= 0.6 is 23.8 Å². The maximum absolute atomic E-state index is 5.91. The molecule has 6 heteroatoms. The summed E-state index contributed by atoms with van der Waals surface area (Å²) in [5.41, 5.74) is 0.970. The second kappa shape index (κ2) is 7.81. The molecular weight excluding hydrogens is 340 g/mol. The molecule has 3 rings (SSSR count). The molecule has 1 aliphatic heterocycles. The Morgan fingerprint density at radius 1 is 1.21 bits per heavy atom. The fourth-order valence-electron chi connectivity index (χ4n) is 2.94. The third-order valence-corrected chi connectivity index (χ3v) is 5.02. The Morgan fingerprint density at radius 2 is 1.92 bits per heavy atom. The lowest BCUT2D eigenvalue weighted by Gasteiger charge is -2.38. The van der Waals surface area contributed by atoms with Crippen LogP contribution in [0.25, 0.3) is 0 Å². The van der Waals surface area contributed by atoms with E-state index in [4.69, 9.17) is 23.8 Å². The average molecular weight is 361 g/mol. The van der Waals surface area contributed by atoms with E-state index in [9.17, 15) is 0 Å². The lowest BCUT2D eigenvalue weighted by molar-refractivity contribution is 0.311. The van der Waals surface area contributed by atoms with Crippen LogP contribution in [0, 0.1) is 0 Å². The van der Waals surface area contributed by atoms with Gasteiger partial charge in [0.25, 0.3) is 0 Å². The van der Waals surface area contributed by atoms with Crippen molar-refractivity contribution < 1.29 is 0 Å². The number of rotatable bonds is 3. The highest BCUT2D eigenvalue weighted by molar-refractivity contribution is 7.80. The number of halogens is 1. The number of anilines is 2. The van der Waals surface area contributed by atoms with Gasteiger partial charge in [-0.3, -0.25) is 0 Å². The summed E-state index contributed by atoms with van der Waals surface area (Å²) >= 11 is 11.5. The number of nitrogens with zero attached hydrogens (tertiary/aromatic N) is 3. The Morgan fingerprint density at radius 3 is 2.54 bits per heavy atom. The number of hydrogen-bond acceptors (Lipinski definition) is 3. The monoisotopic (exact) mass is 360 g/mol. The van der Waals surface area contributed by atoms with E-state index in [2.05, 4.69) is 33.2 Å². The number of nitrogens with one attached hydrogen (secondary N) is 1. The molecule has 0 atom stereocenters. The first-order valence-corrected chi connectivity index (χ1v) is 8.87. The minimum Gasteiger partial charge on any atom is -0.357 e. The first-order chi connectivity index (χ1) is 11.6. The molecule has 2 aromatic rings. The van der Waals surface area contributed by atoms with Crippen molar-refractivity contribution in [2.24, 2.45) is 0 Å². The van der Waals surface area contributed by atoms with E-state index in [0.717, 1.165) is 47.6 Å². The predicted octanol–water partition coefficient (Wildman–Crippen LogP) is 4.03. The molecule has 1 aromatic heterocycles. The highest BCUT2D eigenvalue weighted by Gasteiger charge is 2.24. The molecule has 0 amide bonds. The van der Waals surface area contributed by atoms with Crippen molar-refractivity contribution in [3.8, 4) is 0 Å². The number of likely N-dealkylation sites (tertiary alicyclic amines) is 1. The summed E-state index contributed by atoms with van der Waals surface area (Å²) in [4.78, 5) is 8.93. The quantitative estimate of drug-likeness (QED) is 0.835. The van der Waals surface area contributed by atoms with E-state index in [0.29, 0.717) is 6.04 Å². The molecule has 24 heavy (non-hydrogen) atoms. The largest absolute Gasteiger partial charge is 0.357 e. The van der Waals surface area contributed by atoms with Gasteiger partial charge in [-0.15, -0.1) is 0 Å². The molecule has 1 N–H and O–H groups in total. The average Bonchev–Trinajstić information content (AvgIpc) is 2.64. The molecule has 1 aromatic carbocycles. The lowest BCUT2D eigenvalue weighted by atomic mass is 10.0. The molecule has 126 valence electrons. The highest BCUT2D eigenvalue weighted by atomic mass is 35.5. The van der Waals surface area contributed by atoms with Crippen molar-refractivity contribution in [3.63, 3.8) is 0 Å². The second-order valence-electron chi connectivity index (χ2n) is 5.95. The lowest BCUT2D eigenvalue weighted by Crippen LogP contribution is -2.47. The van der Waals surface area contributed by atoms with E-state index in [1.165, 1.54) is 0 Å². The van der Waals surface area contributed by atoms with Crippen LogP contribution in [-0.2, 0) is 0 Å². The number of pyridine rings is 1. The molecular formula is C18H21ClN4S. The van der Waals surface area contributed by atoms with Crippen LogP contribution in [0.5, 0.6) is 0 Å². The molecule has 0 bridgehead atoms. The molecule has 0 spiro atoms. The zero-order valence-electron chi connectivity index (χ0n) is 13.7. The maximum atomic E-state index is 5.91. The van der Waals surface area contributed by atoms with Crippen molar-refractivity contribution in [1.82, 2.24) is 9.88 Å². The van der Waals surface area contributed by atoms with Gasteiger partial charge in [0, 0.05) is 43.1 Å². The Hall–Kier alpha value is -1.85. The summed E-state index contributed by atoms with van der Waals surface area (Å²) in [7, 11) is 2.12. The summed E-state index contributed by atoms with van der Waals surface area (Å²) in [6.07, 6.45) is 3.97. The van der Waals surface area contributed by atoms with E-state index in [1.807, 2.05) is 42.6 Å². The Balaban J connectivity index is 1.53. The van der Waals surface area contributed by atoms with E-state index in [-0.39, 0.29) is 0 Å². The van der Waals surface area contributed by atoms with Gasteiger partial charge in [0.15, 0.2) is 5.11 Å². The van der Waals surface area contributed by atoms with E-state index >= 15 is 0 Å². The van der Waals surface area contributed by atoms with Crippen LogP contribution in [0.3, 0.4) is 0 Å². The zero-order chi connectivity index (χ0) is 16.9. The van der Waals surface area contributed by atoms with Crippen molar-refractivity contribution in [2.75, 3.05) is 30.4 Å². The molecule has 0 saturated carbocycles. The van der Waals surface area contributed by atoms with Crippen LogP contribution in [0.4, 0.5) is 11.5 Å². The van der Waals surface area contributed by atoms with Gasteiger partial charge in [-0.25, -0.2) is 4.98 Å². The molecule has 0 radical (unpaired) electrons. The van der Waals surface area contributed by atoms with Gasteiger partial charge in [0.2, 0.25) is 0 Å². The van der Waals surface area contributed by atoms with E-state index < -0.39 is 0 Å². The first-order valence-electron chi connectivity index (χ1n) is 8.09. The standard InChI is InChI=1S/C18H21ClN4S/c1-22(17-4-2-3-11-20-17)16-9-12-23(13-10-16)18(24)21-15-7-5-14(19)6-8-15/h2-8,11,16H,9-10,12-13H2,1H3,(H,21,24). The van der Waals surface area contributed by atoms with Gasteiger partial charge < -0.3 is 15.1 Å². The molecule has 1 saturated heterocycles. The van der Waals surface area contributed by atoms with Crippen molar-refractivity contribution in [2.45, 2.75) is 18.9 Å². The van der Waals surface area contributed by atoms with Crippen LogP contribution in [0.2, 0.25) is 5.02 Å². The van der Waals surface area contributed by atoms with E-state index in [1.54, 1.807) is 0 Å². The summed E-state index contributed by atoms with van der Waals surface area (Å²) in [5.74, 6) is 1.03. The van der Waals surface area contributed by atoms with Crippen LogP contribution in [0.1, 0.15) is 12.8 Å². The van der Waals surface area contributed by atoms with Crippen molar-refractivity contribution in [1.29, 1.82) is 0 Å². The molecule has 2 heterocycles. The fourth-order valence-corrected chi connectivity index (χ4v) is 3.37. The third-order valence-electron chi connectivity index (χ3n) is 4.41. The molecule has 4 nitrogen and oxygen atoms in total. The Kier molecular flexibility index (Phi) is 5.53. The number of aromatic nitrogens is 1. The molecule has 1 fully saturated rings. The summed E-state index contributed by atoms with van der Waals surface area (Å²) in [5, 5.41) is 4.79. The number of piperidine rings is 1. The van der Waals surface area contributed by atoms with Gasteiger partial charge in [0.05, 0.1) is 0 Å². The third kappa shape index (κ3) is 4.16. The number of benzene rings is 1. The summed E-state index contributed by atoms with van der Waals surface area (Å²) < 4.78 is 0. The smallest absolute Gasteiger partial charge is 0.173 e. The van der Waals surface area contributed by atoms with Crippen molar-refractivity contribution >= 4 is 40.4 Å². The van der Waals surface area contributed by atoms with Gasteiger partial charge in [-0.2, -0.15) is 0 Å². The van der Waals surface area contributed by atoms with Crippen LogP contribution < -0.4 is 10.2 Å². The normalized spacial score (nSPS) is 15.2. The SMILES string of the molecule is CN(c1ccccn1)C1CCN(C(=S)Nc2ccc(Cl)cc2)CC1. The summed E-state index contributed by atoms with van der Waals surface area (Å²) in [6.45, 7) is 1.89. The van der Waals surface area contributed by atoms with Crippen LogP contribution in [-0.4, -0.2) is 41.2 Å². The molecule has 0 aliphatic carbocycles. The van der Waals surface area contributed by atoms with Gasteiger partial charge >= 0.3 is 0 Å². The van der Waals surface area contributed by atoms with Gasteiger partial charge in [-0.05, 0) is 61.5 Å². The number of thiocarbonyl (C=S) groups is 1. The molecule has 1 aliphatic rings. The second-order valence-corrected chi connectivity index (χ2v) is 6.78. The predicted molar refractivity (Wildman–Crippen MR) is 105 cm³/mol. The molecule has 0 unspecified atom stereocenters. The Bertz CT molecular complexity index is 669. The fraction of sp³-hybridized carbons (Fsp3) is 0.333. The maximum Gasteiger partial charge on any atom is 0.173 e. The topological polar surface area (TPSA) is 31.4 Å².